The lowest BCUT2D eigenvalue weighted by molar-refractivity contribution is 0.0670. The predicted molar refractivity (Wildman–Crippen MR) is 127 cm³/mol. The molecule has 1 unspecified atom stereocenters. The molecule has 1 amide bonds. The minimum atomic E-state index is -3.86. The Kier molecular flexibility index (Phi) is 6.37. The molecule has 3 aromatic rings. The van der Waals surface area contributed by atoms with Gasteiger partial charge in [-0.3, -0.25) is 14.1 Å². The van der Waals surface area contributed by atoms with Crippen molar-refractivity contribution in [1.29, 1.82) is 0 Å². The van der Waals surface area contributed by atoms with E-state index in [2.05, 4.69) is 4.98 Å². The number of rotatable bonds is 8. The van der Waals surface area contributed by atoms with Crippen molar-refractivity contribution in [2.45, 2.75) is 36.7 Å². The van der Waals surface area contributed by atoms with E-state index in [4.69, 9.17) is 4.74 Å². The topological polar surface area (TPSA) is 79.8 Å². The summed E-state index contributed by atoms with van der Waals surface area (Å²) in [5.74, 6) is 0.444. The number of ether oxygens (including phenoxy) is 1. The van der Waals surface area contributed by atoms with Crippen molar-refractivity contribution < 1.29 is 17.9 Å². The Morgan fingerprint density at radius 3 is 2.39 bits per heavy atom. The van der Waals surface area contributed by atoms with Crippen molar-refractivity contribution in [1.82, 2.24) is 9.88 Å². The van der Waals surface area contributed by atoms with E-state index in [9.17, 15) is 13.2 Å². The highest BCUT2D eigenvalue weighted by Gasteiger charge is 2.37. The van der Waals surface area contributed by atoms with Gasteiger partial charge in [-0.1, -0.05) is 12.1 Å². The van der Waals surface area contributed by atoms with Gasteiger partial charge in [0, 0.05) is 24.8 Å². The first-order valence-corrected chi connectivity index (χ1v) is 12.2. The minimum Gasteiger partial charge on any atom is -0.497 e. The second-order valence-corrected chi connectivity index (χ2v) is 10.0. The Hall–Kier alpha value is -3.39. The van der Waals surface area contributed by atoms with Crippen molar-refractivity contribution in [2.75, 3.05) is 18.5 Å². The molecule has 172 valence electrons. The molecular formula is C25H27N3O4S. The second kappa shape index (κ2) is 9.23. The van der Waals surface area contributed by atoms with E-state index < -0.39 is 10.0 Å². The van der Waals surface area contributed by atoms with Gasteiger partial charge < -0.3 is 9.64 Å². The van der Waals surface area contributed by atoms with Gasteiger partial charge in [-0.05, 0) is 74.4 Å². The quantitative estimate of drug-likeness (QED) is 0.496. The van der Waals surface area contributed by atoms with E-state index in [0.717, 1.165) is 18.5 Å². The van der Waals surface area contributed by atoms with Crippen LogP contribution < -0.4 is 9.04 Å². The minimum absolute atomic E-state index is 0.0629. The molecule has 0 N–H and O–H groups in total. The van der Waals surface area contributed by atoms with E-state index in [0.29, 0.717) is 17.0 Å². The Morgan fingerprint density at radius 1 is 1.06 bits per heavy atom. The summed E-state index contributed by atoms with van der Waals surface area (Å²) in [6.07, 6.45) is 3.58. The molecule has 7 nitrogen and oxygen atoms in total. The molecule has 1 fully saturated rings. The highest BCUT2D eigenvalue weighted by Crippen LogP contribution is 2.35. The second-order valence-electron chi connectivity index (χ2n) is 8.07. The summed E-state index contributed by atoms with van der Waals surface area (Å²) in [6, 6.07) is 18.6. The highest BCUT2D eigenvalue weighted by molar-refractivity contribution is 7.92. The number of anilines is 1. The standard InChI is InChI=1S/C25H27N3O4S/c1-18(24-9-4-5-16-26-24)28(21-10-11-21)25(29)19-7-6-8-23(17-19)33(30,31)27(2)20-12-14-22(32-3)15-13-20/h4-9,12-18,21H,10-11H2,1-3H3. The van der Waals surface area contributed by atoms with Crippen LogP contribution in [-0.2, 0) is 10.0 Å². The summed E-state index contributed by atoms with van der Waals surface area (Å²) in [5.41, 5.74) is 1.64. The van der Waals surface area contributed by atoms with Gasteiger partial charge in [0.25, 0.3) is 15.9 Å². The number of amides is 1. The van der Waals surface area contributed by atoms with E-state index in [1.807, 2.05) is 30.0 Å². The maximum absolute atomic E-state index is 13.5. The normalized spacial score (nSPS) is 14.4. The molecule has 1 atom stereocenters. The molecule has 0 saturated heterocycles. The zero-order valence-corrected chi connectivity index (χ0v) is 19.7. The van der Waals surface area contributed by atoms with Crippen LogP contribution in [-0.4, -0.2) is 44.4 Å². The molecule has 1 saturated carbocycles. The maximum Gasteiger partial charge on any atom is 0.264 e. The molecular weight excluding hydrogens is 438 g/mol. The zero-order valence-electron chi connectivity index (χ0n) is 18.9. The molecule has 2 aromatic carbocycles. The molecule has 0 radical (unpaired) electrons. The molecule has 1 aliphatic carbocycles. The van der Waals surface area contributed by atoms with Crippen LogP contribution in [0.3, 0.4) is 0 Å². The van der Waals surface area contributed by atoms with Crippen LogP contribution in [0.1, 0.15) is 41.9 Å². The number of hydrogen-bond acceptors (Lipinski definition) is 5. The summed E-state index contributed by atoms with van der Waals surface area (Å²) < 4.78 is 32.9. The van der Waals surface area contributed by atoms with Crippen molar-refractivity contribution in [3.63, 3.8) is 0 Å². The van der Waals surface area contributed by atoms with Gasteiger partial charge in [-0.15, -0.1) is 0 Å². The lowest BCUT2D eigenvalue weighted by atomic mass is 10.1. The maximum atomic E-state index is 13.5. The molecule has 1 aliphatic rings. The van der Waals surface area contributed by atoms with Crippen LogP contribution in [0.2, 0.25) is 0 Å². The smallest absolute Gasteiger partial charge is 0.264 e. The number of carbonyl (C=O) groups is 1. The van der Waals surface area contributed by atoms with E-state index in [1.165, 1.54) is 23.5 Å². The van der Waals surface area contributed by atoms with Crippen LogP contribution in [0, 0.1) is 0 Å². The molecule has 0 aliphatic heterocycles. The van der Waals surface area contributed by atoms with Crippen LogP contribution in [0.15, 0.2) is 77.8 Å². The molecule has 0 spiro atoms. The van der Waals surface area contributed by atoms with E-state index in [1.54, 1.807) is 49.7 Å². The lowest BCUT2D eigenvalue weighted by Crippen LogP contribution is -2.36. The van der Waals surface area contributed by atoms with E-state index in [-0.39, 0.29) is 22.9 Å². The van der Waals surface area contributed by atoms with Gasteiger partial charge in [-0.25, -0.2) is 8.42 Å². The zero-order chi connectivity index (χ0) is 23.6. The monoisotopic (exact) mass is 465 g/mol. The number of pyridine rings is 1. The Morgan fingerprint density at radius 2 is 1.79 bits per heavy atom. The molecule has 8 heteroatoms. The fraction of sp³-hybridized carbons (Fsp3) is 0.280. The van der Waals surface area contributed by atoms with Crippen LogP contribution in [0.5, 0.6) is 5.75 Å². The summed E-state index contributed by atoms with van der Waals surface area (Å²) >= 11 is 0. The fourth-order valence-corrected chi connectivity index (χ4v) is 5.05. The van der Waals surface area contributed by atoms with Gasteiger partial charge in [-0.2, -0.15) is 0 Å². The van der Waals surface area contributed by atoms with Gasteiger partial charge in [0.05, 0.1) is 29.4 Å². The fourth-order valence-electron chi connectivity index (χ4n) is 3.80. The number of aromatic nitrogens is 1. The van der Waals surface area contributed by atoms with Gasteiger partial charge in [0.1, 0.15) is 5.75 Å². The summed E-state index contributed by atoms with van der Waals surface area (Å²) in [7, 11) is -0.816. The average Bonchev–Trinajstić information content (AvgIpc) is 3.69. The molecule has 33 heavy (non-hydrogen) atoms. The molecule has 1 aromatic heterocycles. The van der Waals surface area contributed by atoms with Crippen molar-refractivity contribution in [3.8, 4) is 5.75 Å². The third-order valence-corrected chi connectivity index (χ3v) is 7.66. The summed E-state index contributed by atoms with van der Waals surface area (Å²) in [6.45, 7) is 1.95. The number of benzene rings is 2. The first-order chi connectivity index (χ1) is 15.8. The Bertz CT molecular complexity index is 1230. The van der Waals surface area contributed by atoms with Gasteiger partial charge >= 0.3 is 0 Å². The third-order valence-electron chi connectivity index (χ3n) is 5.88. The van der Waals surface area contributed by atoms with Crippen molar-refractivity contribution >= 4 is 21.6 Å². The molecule has 4 rings (SSSR count). The van der Waals surface area contributed by atoms with Gasteiger partial charge in [0.15, 0.2) is 0 Å². The van der Waals surface area contributed by atoms with Crippen molar-refractivity contribution in [2.24, 2.45) is 0 Å². The number of methoxy groups -OCH3 is 1. The van der Waals surface area contributed by atoms with Gasteiger partial charge in [0.2, 0.25) is 0 Å². The van der Waals surface area contributed by atoms with Crippen LogP contribution in [0.4, 0.5) is 5.69 Å². The summed E-state index contributed by atoms with van der Waals surface area (Å²) in [4.78, 5) is 19.8. The van der Waals surface area contributed by atoms with Crippen LogP contribution in [0.25, 0.3) is 0 Å². The number of carbonyl (C=O) groups excluding carboxylic acids is 1. The largest absolute Gasteiger partial charge is 0.497 e. The van der Waals surface area contributed by atoms with E-state index >= 15 is 0 Å². The Balaban J connectivity index is 1.62. The first kappa shape index (κ1) is 22.8. The average molecular weight is 466 g/mol. The summed E-state index contributed by atoms with van der Waals surface area (Å²) in [5, 5.41) is 0. The molecule has 0 bridgehead atoms. The molecule has 1 heterocycles. The first-order valence-electron chi connectivity index (χ1n) is 10.8. The number of hydrogen-bond donors (Lipinski definition) is 0. The highest BCUT2D eigenvalue weighted by atomic mass is 32.2. The SMILES string of the molecule is COc1ccc(N(C)S(=O)(=O)c2cccc(C(=O)N(C3CC3)C(C)c3ccccn3)c2)cc1. The number of sulfonamides is 1. The Labute approximate surface area is 194 Å². The number of nitrogens with zero attached hydrogens (tertiary/aromatic N) is 3. The van der Waals surface area contributed by atoms with Crippen molar-refractivity contribution in [3.05, 3.63) is 84.2 Å². The lowest BCUT2D eigenvalue weighted by Gasteiger charge is -2.29. The van der Waals surface area contributed by atoms with Crippen LogP contribution >= 0.6 is 0 Å². The predicted octanol–water partition coefficient (Wildman–Crippen LogP) is 4.28. The third kappa shape index (κ3) is 4.71.